The Morgan fingerprint density at radius 1 is 1.30 bits per heavy atom. The standard InChI is InChI=1S/C15H21ClN2O2/c1-9-4-5-12(6-10(9)2)17-14-8-13(16)15(18(19)20)7-11(14)3/h7-10,12,17H,4-6H2,1-3H3. The van der Waals surface area contributed by atoms with E-state index in [2.05, 4.69) is 19.2 Å². The van der Waals surface area contributed by atoms with Gasteiger partial charge in [0.25, 0.3) is 5.69 Å². The van der Waals surface area contributed by atoms with Gasteiger partial charge in [-0.1, -0.05) is 25.4 Å². The molecule has 0 spiro atoms. The molecule has 110 valence electrons. The molecule has 3 unspecified atom stereocenters. The lowest BCUT2D eigenvalue weighted by molar-refractivity contribution is -0.384. The van der Waals surface area contributed by atoms with E-state index in [0.717, 1.165) is 30.0 Å². The Kier molecular flexibility index (Phi) is 4.53. The molecule has 1 aromatic carbocycles. The van der Waals surface area contributed by atoms with E-state index in [9.17, 15) is 10.1 Å². The van der Waals surface area contributed by atoms with Gasteiger partial charge < -0.3 is 5.32 Å². The van der Waals surface area contributed by atoms with Gasteiger partial charge >= 0.3 is 0 Å². The summed E-state index contributed by atoms with van der Waals surface area (Å²) in [6.45, 7) is 6.46. The maximum atomic E-state index is 10.9. The number of aryl methyl sites for hydroxylation is 1. The fourth-order valence-corrected chi connectivity index (χ4v) is 3.09. The zero-order chi connectivity index (χ0) is 14.9. The first kappa shape index (κ1) is 15.1. The predicted molar refractivity (Wildman–Crippen MR) is 82.4 cm³/mol. The van der Waals surface area contributed by atoms with Gasteiger partial charge in [-0.25, -0.2) is 0 Å². The Morgan fingerprint density at radius 3 is 2.60 bits per heavy atom. The summed E-state index contributed by atoms with van der Waals surface area (Å²) in [5.74, 6) is 1.48. The summed E-state index contributed by atoms with van der Waals surface area (Å²) in [4.78, 5) is 10.4. The van der Waals surface area contributed by atoms with E-state index in [0.29, 0.717) is 12.0 Å². The second kappa shape index (κ2) is 6.00. The predicted octanol–water partition coefficient (Wildman–Crippen LogP) is 4.79. The molecule has 5 heteroatoms. The van der Waals surface area contributed by atoms with Gasteiger partial charge in [0, 0.05) is 17.8 Å². The molecule has 1 aliphatic rings. The van der Waals surface area contributed by atoms with E-state index in [4.69, 9.17) is 11.6 Å². The minimum atomic E-state index is -0.441. The number of benzene rings is 1. The van der Waals surface area contributed by atoms with Crippen LogP contribution < -0.4 is 5.32 Å². The van der Waals surface area contributed by atoms with Crippen molar-refractivity contribution < 1.29 is 4.92 Å². The first-order valence-corrected chi connectivity index (χ1v) is 7.47. The van der Waals surface area contributed by atoms with Crippen molar-refractivity contribution in [1.82, 2.24) is 0 Å². The van der Waals surface area contributed by atoms with Crippen molar-refractivity contribution in [2.24, 2.45) is 11.8 Å². The molecule has 2 rings (SSSR count). The lowest BCUT2D eigenvalue weighted by atomic mass is 9.79. The number of nitro groups is 1. The van der Waals surface area contributed by atoms with Crippen LogP contribution in [0.25, 0.3) is 0 Å². The molecule has 1 N–H and O–H groups in total. The van der Waals surface area contributed by atoms with Crippen LogP contribution in [0.1, 0.15) is 38.7 Å². The van der Waals surface area contributed by atoms with Crippen LogP contribution >= 0.6 is 11.6 Å². The molecule has 0 amide bonds. The molecule has 0 aliphatic heterocycles. The number of nitrogens with zero attached hydrogens (tertiary/aromatic N) is 1. The first-order valence-electron chi connectivity index (χ1n) is 7.09. The lowest BCUT2D eigenvalue weighted by Crippen LogP contribution is -2.30. The van der Waals surface area contributed by atoms with Crippen LogP contribution in [-0.4, -0.2) is 11.0 Å². The van der Waals surface area contributed by atoms with Gasteiger partial charge in [-0.3, -0.25) is 10.1 Å². The van der Waals surface area contributed by atoms with Crippen LogP contribution in [0.15, 0.2) is 12.1 Å². The van der Waals surface area contributed by atoms with E-state index >= 15 is 0 Å². The normalized spacial score (nSPS) is 26.3. The minimum absolute atomic E-state index is 0.0275. The Morgan fingerprint density at radius 2 is 2.00 bits per heavy atom. The molecule has 1 saturated carbocycles. The number of rotatable bonds is 3. The first-order chi connectivity index (χ1) is 9.38. The Bertz CT molecular complexity index is 519. The number of hydrogen-bond donors (Lipinski definition) is 1. The second-order valence-electron chi connectivity index (χ2n) is 5.98. The minimum Gasteiger partial charge on any atom is -0.382 e. The Hall–Kier alpha value is -1.29. The molecule has 0 heterocycles. The average Bonchev–Trinajstić information content (AvgIpc) is 2.37. The highest BCUT2D eigenvalue weighted by atomic mass is 35.5. The van der Waals surface area contributed by atoms with Crippen LogP contribution in [-0.2, 0) is 0 Å². The molecular formula is C15H21ClN2O2. The number of anilines is 1. The van der Waals surface area contributed by atoms with Gasteiger partial charge in [0.2, 0.25) is 0 Å². The number of nitrogens with one attached hydrogen (secondary N) is 1. The van der Waals surface area contributed by atoms with Crippen molar-refractivity contribution in [2.45, 2.75) is 46.1 Å². The highest BCUT2D eigenvalue weighted by Crippen LogP contribution is 2.34. The highest BCUT2D eigenvalue weighted by molar-refractivity contribution is 6.33. The van der Waals surface area contributed by atoms with Crippen molar-refractivity contribution >= 4 is 23.0 Å². The number of nitro benzene ring substituents is 1. The smallest absolute Gasteiger partial charge is 0.288 e. The topological polar surface area (TPSA) is 55.2 Å². The quantitative estimate of drug-likeness (QED) is 0.644. The molecule has 0 bridgehead atoms. The molecule has 1 aromatic rings. The third-order valence-corrected chi connectivity index (χ3v) is 4.75. The van der Waals surface area contributed by atoms with Crippen molar-refractivity contribution in [3.8, 4) is 0 Å². The molecule has 1 fully saturated rings. The van der Waals surface area contributed by atoms with Crippen LogP contribution in [0.5, 0.6) is 0 Å². The molecule has 0 radical (unpaired) electrons. The average molecular weight is 297 g/mol. The fourth-order valence-electron chi connectivity index (χ4n) is 2.86. The van der Waals surface area contributed by atoms with Crippen molar-refractivity contribution in [3.63, 3.8) is 0 Å². The zero-order valence-electron chi connectivity index (χ0n) is 12.1. The maximum absolute atomic E-state index is 10.9. The van der Waals surface area contributed by atoms with Gasteiger partial charge in [-0.15, -0.1) is 0 Å². The molecule has 1 aliphatic carbocycles. The van der Waals surface area contributed by atoms with E-state index in [1.165, 1.54) is 6.42 Å². The van der Waals surface area contributed by atoms with Gasteiger partial charge in [0.15, 0.2) is 0 Å². The zero-order valence-corrected chi connectivity index (χ0v) is 12.9. The lowest BCUT2D eigenvalue weighted by Gasteiger charge is -2.33. The summed E-state index contributed by atoms with van der Waals surface area (Å²) in [6, 6.07) is 3.65. The number of halogens is 1. The summed E-state index contributed by atoms with van der Waals surface area (Å²) in [5.41, 5.74) is 1.75. The molecule has 0 saturated heterocycles. The highest BCUT2D eigenvalue weighted by Gasteiger charge is 2.25. The Labute approximate surface area is 124 Å². The van der Waals surface area contributed by atoms with Crippen LogP contribution in [0, 0.1) is 28.9 Å². The van der Waals surface area contributed by atoms with Crippen molar-refractivity contribution in [1.29, 1.82) is 0 Å². The monoisotopic (exact) mass is 296 g/mol. The summed E-state index contributed by atoms with van der Waals surface area (Å²) in [6.07, 6.45) is 3.49. The molecule has 3 atom stereocenters. The van der Waals surface area contributed by atoms with Gasteiger partial charge in [-0.05, 0) is 49.7 Å². The van der Waals surface area contributed by atoms with Crippen molar-refractivity contribution in [2.75, 3.05) is 5.32 Å². The Balaban J connectivity index is 2.14. The van der Waals surface area contributed by atoms with Gasteiger partial charge in [0.1, 0.15) is 5.02 Å². The van der Waals surface area contributed by atoms with Crippen molar-refractivity contribution in [3.05, 3.63) is 32.8 Å². The third-order valence-electron chi connectivity index (χ3n) is 4.45. The summed E-state index contributed by atoms with van der Waals surface area (Å²) < 4.78 is 0. The van der Waals surface area contributed by atoms with E-state index < -0.39 is 4.92 Å². The van der Waals surface area contributed by atoms with Crippen LogP contribution in [0.4, 0.5) is 11.4 Å². The summed E-state index contributed by atoms with van der Waals surface area (Å²) in [5, 5.41) is 14.5. The van der Waals surface area contributed by atoms with Gasteiger partial charge in [0.05, 0.1) is 4.92 Å². The third kappa shape index (κ3) is 3.23. The molecule has 0 aromatic heterocycles. The van der Waals surface area contributed by atoms with E-state index in [1.807, 2.05) is 6.92 Å². The summed E-state index contributed by atoms with van der Waals surface area (Å²) >= 11 is 5.98. The molecule has 20 heavy (non-hydrogen) atoms. The van der Waals surface area contributed by atoms with Crippen LogP contribution in [0.3, 0.4) is 0 Å². The fraction of sp³-hybridized carbons (Fsp3) is 0.600. The van der Waals surface area contributed by atoms with Crippen LogP contribution in [0.2, 0.25) is 5.02 Å². The SMILES string of the molecule is Cc1cc([N+](=O)[O-])c(Cl)cc1NC1CCC(C)C(C)C1. The maximum Gasteiger partial charge on any atom is 0.288 e. The van der Waals surface area contributed by atoms with E-state index in [-0.39, 0.29) is 10.7 Å². The summed E-state index contributed by atoms with van der Waals surface area (Å²) in [7, 11) is 0. The van der Waals surface area contributed by atoms with Gasteiger partial charge in [-0.2, -0.15) is 0 Å². The number of hydrogen-bond acceptors (Lipinski definition) is 3. The van der Waals surface area contributed by atoms with E-state index in [1.54, 1.807) is 12.1 Å². The molecule has 4 nitrogen and oxygen atoms in total. The second-order valence-corrected chi connectivity index (χ2v) is 6.39. The molecular weight excluding hydrogens is 276 g/mol. The largest absolute Gasteiger partial charge is 0.382 e.